The number of aryl methyl sites for hydroxylation is 2. The van der Waals surface area contributed by atoms with Crippen LogP contribution >= 0.6 is 15.9 Å². The van der Waals surface area contributed by atoms with Crippen LogP contribution in [0, 0.1) is 24.2 Å². The van der Waals surface area contributed by atoms with Gasteiger partial charge in [0.05, 0.1) is 15.9 Å². The minimum atomic E-state index is 0.465. The molecule has 1 heterocycles. The molecule has 1 aromatic heterocycles. The molecule has 3 rings (SSSR count). The highest BCUT2D eigenvalue weighted by atomic mass is 79.9. The molecule has 2 saturated carbocycles. The molecular weight excluding hydrogens is 302 g/mol. The predicted molar refractivity (Wildman–Crippen MR) is 81.2 cm³/mol. The summed E-state index contributed by atoms with van der Waals surface area (Å²) in [5, 5.41) is 8.14. The zero-order valence-corrected chi connectivity index (χ0v) is 13.8. The van der Waals surface area contributed by atoms with Crippen LogP contribution in [0.15, 0.2) is 4.47 Å². The fourth-order valence-electron chi connectivity index (χ4n) is 3.97. The average Bonchev–Trinajstić information content (AvgIpc) is 2.93. The zero-order valence-electron chi connectivity index (χ0n) is 12.2. The lowest BCUT2D eigenvalue weighted by atomic mass is 9.78. The SMILES string of the molecule is CCNCC1(Cc2c(Br)c(C)nn2C)CC2CC2C1. The third-order valence-electron chi connectivity index (χ3n) is 5.01. The molecular formula is C15H24BrN3. The summed E-state index contributed by atoms with van der Waals surface area (Å²) in [6.07, 6.45) is 5.45. The van der Waals surface area contributed by atoms with Crippen molar-refractivity contribution in [1.82, 2.24) is 15.1 Å². The molecule has 106 valence electrons. The fraction of sp³-hybridized carbons (Fsp3) is 0.800. The highest BCUT2D eigenvalue weighted by Crippen LogP contribution is 2.60. The Hall–Kier alpha value is -0.350. The lowest BCUT2D eigenvalue weighted by molar-refractivity contribution is 0.245. The van der Waals surface area contributed by atoms with E-state index in [9.17, 15) is 0 Å². The van der Waals surface area contributed by atoms with Gasteiger partial charge in [-0.25, -0.2) is 0 Å². The standard InChI is InChI=1S/C15H24BrN3/c1-4-17-9-15(6-11-5-12(11)7-15)8-13-14(16)10(2)18-19(13)3/h11-12,17H,4-9H2,1-3H3. The van der Waals surface area contributed by atoms with Crippen molar-refractivity contribution in [2.45, 2.75) is 39.5 Å². The number of aromatic nitrogens is 2. The molecule has 0 aromatic carbocycles. The summed E-state index contributed by atoms with van der Waals surface area (Å²) in [6.45, 7) is 6.51. The number of fused-ring (bicyclic) bond motifs is 1. The summed E-state index contributed by atoms with van der Waals surface area (Å²) in [5.74, 6) is 2.04. The third kappa shape index (κ3) is 2.49. The zero-order chi connectivity index (χ0) is 13.6. The molecule has 2 atom stereocenters. The Morgan fingerprint density at radius 3 is 2.63 bits per heavy atom. The third-order valence-corrected chi connectivity index (χ3v) is 6.05. The van der Waals surface area contributed by atoms with Gasteiger partial charge < -0.3 is 5.32 Å². The summed E-state index contributed by atoms with van der Waals surface area (Å²) >= 11 is 3.72. The van der Waals surface area contributed by atoms with Gasteiger partial charge in [0.25, 0.3) is 0 Å². The Bertz CT molecular complexity index is 470. The van der Waals surface area contributed by atoms with E-state index in [1.165, 1.54) is 29.4 Å². The van der Waals surface area contributed by atoms with Crippen LogP contribution in [0.2, 0.25) is 0 Å². The molecule has 0 radical (unpaired) electrons. The van der Waals surface area contributed by atoms with Crippen LogP contribution in [-0.4, -0.2) is 22.9 Å². The van der Waals surface area contributed by atoms with Crippen molar-refractivity contribution in [3.63, 3.8) is 0 Å². The molecule has 0 spiro atoms. The molecule has 2 unspecified atom stereocenters. The first-order valence-electron chi connectivity index (χ1n) is 7.43. The highest BCUT2D eigenvalue weighted by Gasteiger charge is 2.53. The maximum atomic E-state index is 4.54. The van der Waals surface area contributed by atoms with Gasteiger partial charge in [0.15, 0.2) is 0 Å². The first-order valence-corrected chi connectivity index (χ1v) is 8.22. The van der Waals surface area contributed by atoms with Crippen molar-refractivity contribution in [3.8, 4) is 0 Å². The van der Waals surface area contributed by atoms with Gasteiger partial charge in [-0.2, -0.15) is 5.10 Å². The topological polar surface area (TPSA) is 29.9 Å². The summed E-state index contributed by atoms with van der Waals surface area (Å²) < 4.78 is 3.28. The predicted octanol–water partition coefficient (Wildman–Crippen LogP) is 3.06. The quantitative estimate of drug-likeness (QED) is 0.901. The van der Waals surface area contributed by atoms with Gasteiger partial charge in [-0.05, 0) is 72.3 Å². The lowest BCUT2D eigenvalue weighted by Crippen LogP contribution is -2.35. The molecule has 2 aliphatic rings. The van der Waals surface area contributed by atoms with Crippen LogP contribution in [0.1, 0.15) is 37.6 Å². The van der Waals surface area contributed by atoms with Crippen molar-refractivity contribution >= 4 is 15.9 Å². The summed E-state index contributed by atoms with van der Waals surface area (Å²) in [5.41, 5.74) is 2.95. The fourth-order valence-corrected chi connectivity index (χ4v) is 4.45. The van der Waals surface area contributed by atoms with Crippen LogP contribution < -0.4 is 5.32 Å². The van der Waals surface area contributed by atoms with E-state index in [0.717, 1.165) is 37.0 Å². The van der Waals surface area contributed by atoms with Crippen LogP contribution in [0.3, 0.4) is 0 Å². The van der Waals surface area contributed by atoms with Gasteiger partial charge in [0.1, 0.15) is 0 Å². The van der Waals surface area contributed by atoms with Gasteiger partial charge in [0.2, 0.25) is 0 Å². The van der Waals surface area contributed by atoms with Crippen molar-refractivity contribution in [1.29, 1.82) is 0 Å². The maximum absolute atomic E-state index is 4.54. The Labute approximate surface area is 124 Å². The van der Waals surface area contributed by atoms with E-state index in [2.05, 4.69) is 51.9 Å². The van der Waals surface area contributed by atoms with Gasteiger partial charge >= 0.3 is 0 Å². The van der Waals surface area contributed by atoms with E-state index in [0.29, 0.717) is 5.41 Å². The van der Waals surface area contributed by atoms with E-state index < -0.39 is 0 Å². The van der Waals surface area contributed by atoms with Crippen molar-refractivity contribution in [2.75, 3.05) is 13.1 Å². The van der Waals surface area contributed by atoms with Gasteiger partial charge in [-0.1, -0.05) is 6.92 Å². The van der Waals surface area contributed by atoms with Crippen LogP contribution in [0.4, 0.5) is 0 Å². The average molecular weight is 326 g/mol. The van der Waals surface area contributed by atoms with E-state index in [1.54, 1.807) is 0 Å². The normalized spacial score (nSPS) is 32.6. The van der Waals surface area contributed by atoms with Crippen molar-refractivity contribution in [2.24, 2.45) is 24.3 Å². The Balaban J connectivity index is 1.81. The van der Waals surface area contributed by atoms with E-state index >= 15 is 0 Å². The molecule has 0 saturated heterocycles. The van der Waals surface area contributed by atoms with Crippen molar-refractivity contribution in [3.05, 3.63) is 15.9 Å². The Morgan fingerprint density at radius 1 is 1.42 bits per heavy atom. The molecule has 2 aliphatic carbocycles. The molecule has 4 heteroatoms. The largest absolute Gasteiger partial charge is 0.316 e. The molecule has 3 nitrogen and oxygen atoms in total. The van der Waals surface area contributed by atoms with Gasteiger partial charge in [0, 0.05) is 13.6 Å². The van der Waals surface area contributed by atoms with Crippen LogP contribution in [-0.2, 0) is 13.5 Å². The number of halogens is 1. The molecule has 1 aromatic rings. The summed E-state index contributed by atoms with van der Waals surface area (Å²) in [4.78, 5) is 0. The minimum absolute atomic E-state index is 0.465. The van der Waals surface area contributed by atoms with Crippen molar-refractivity contribution < 1.29 is 0 Å². The monoisotopic (exact) mass is 325 g/mol. The number of nitrogens with zero attached hydrogens (tertiary/aromatic N) is 2. The molecule has 0 bridgehead atoms. The van der Waals surface area contributed by atoms with E-state index in [4.69, 9.17) is 0 Å². The second-order valence-electron chi connectivity index (χ2n) is 6.59. The minimum Gasteiger partial charge on any atom is -0.316 e. The van der Waals surface area contributed by atoms with E-state index in [-0.39, 0.29) is 0 Å². The molecule has 19 heavy (non-hydrogen) atoms. The lowest BCUT2D eigenvalue weighted by Gasteiger charge is -2.31. The van der Waals surface area contributed by atoms with E-state index in [1.807, 2.05) is 0 Å². The highest BCUT2D eigenvalue weighted by molar-refractivity contribution is 9.10. The molecule has 2 fully saturated rings. The van der Waals surface area contributed by atoms with Crippen LogP contribution in [0.5, 0.6) is 0 Å². The van der Waals surface area contributed by atoms with Crippen LogP contribution in [0.25, 0.3) is 0 Å². The molecule has 0 amide bonds. The number of rotatable bonds is 5. The second-order valence-corrected chi connectivity index (χ2v) is 7.38. The number of hydrogen-bond acceptors (Lipinski definition) is 2. The second kappa shape index (κ2) is 4.88. The first-order chi connectivity index (χ1) is 9.04. The maximum Gasteiger partial charge on any atom is 0.0738 e. The smallest absolute Gasteiger partial charge is 0.0738 e. The van der Waals surface area contributed by atoms with Gasteiger partial charge in [-0.3, -0.25) is 4.68 Å². The Kier molecular flexibility index (Phi) is 3.50. The Morgan fingerprint density at radius 2 is 2.11 bits per heavy atom. The van der Waals surface area contributed by atoms with Gasteiger partial charge in [-0.15, -0.1) is 0 Å². The summed E-state index contributed by atoms with van der Waals surface area (Å²) in [7, 11) is 2.07. The number of nitrogens with one attached hydrogen (secondary N) is 1. The number of hydrogen-bond donors (Lipinski definition) is 1. The first kappa shape index (κ1) is 13.6. The molecule has 0 aliphatic heterocycles. The summed E-state index contributed by atoms with van der Waals surface area (Å²) in [6, 6.07) is 0. The molecule has 1 N–H and O–H groups in total.